The zero-order chi connectivity index (χ0) is 25.9. The molecule has 3 aliphatic heterocycles. The molecule has 3 aliphatic rings. The van der Waals surface area contributed by atoms with Crippen LogP contribution in [0.25, 0.3) is 0 Å². The second-order valence-electron chi connectivity index (χ2n) is 11.1. The normalized spacial score (nSPS) is 25.4. The van der Waals surface area contributed by atoms with Crippen LogP contribution >= 0.6 is 0 Å². The van der Waals surface area contributed by atoms with Gasteiger partial charge in [-0.15, -0.1) is 0 Å². The molecule has 0 bridgehead atoms. The van der Waals surface area contributed by atoms with Crippen molar-refractivity contribution >= 4 is 27.3 Å². The van der Waals surface area contributed by atoms with Gasteiger partial charge < -0.3 is 15.1 Å². The molecule has 36 heavy (non-hydrogen) atoms. The van der Waals surface area contributed by atoms with Gasteiger partial charge in [-0.05, 0) is 81.3 Å². The molecule has 10 heteroatoms. The first kappa shape index (κ1) is 26.9. The van der Waals surface area contributed by atoms with Crippen LogP contribution in [-0.4, -0.2) is 74.4 Å². The fraction of sp³-hybridized carbons (Fsp3) is 0.692. The number of amides is 2. The minimum Gasteiger partial charge on any atom is -0.371 e. The molecule has 3 fully saturated rings. The molecule has 0 spiro atoms. The van der Waals surface area contributed by atoms with Crippen LogP contribution in [-0.2, 0) is 19.4 Å². The van der Waals surface area contributed by atoms with Crippen molar-refractivity contribution in [1.82, 2.24) is 15.7 Å². The Bertz CT molecular complexity index is 1020. The van der Waals surface area contributed by atoms with E-state index < -0.39 is 20.5 Å². The molecular weight excluding hydrogens is 480 g/mol. The first-order valence-electron chi connectivity index (χ1n) is 13.2. The fourth-order valence-electron chi connectivity index (χ4n) is 6.33. The molecule has 9 nitrogen and oxygen atoms in total. The van der Waals surface area contributed by atoms with Crippen LogP contribution < -0.4 is 15.7 Å². The summed E-state index contributed by atoms with van der Waals surface area (Å²) < 4.78 is 26.0. The van der Waals surface area contributed by atoms with Crippen molar-refractivity contribution in [2.75, 3.05) is 44.2 Å². The van der Waals surface area contributed by atoms with Gasteiger partial charge in [-0.3, -0.25) is 14.8 Å². The Kier molecular flexibility index (Phi) is 8.26. The van der Waals surface area contributed by atoms with Crippen LogP contribution in [0, 0.1) is 17.8 Å². The summed E-state index contributed by atoms with van der Waals surface area (Å²) in [5.74, 6) is 0.747. The van der Waals surface area contributed by atoms with Gasteiger partial charge in [0, 0.05) is 44.2 Å². The summed E-state index contributed by atoms with van der Waals surface area (Å²) in [4.78, 5) is 29.5. The molecule has 0 saturated carbocycles. The zero-order valence-corrected chi connectivity index (χ0v) is 22.2. The smallest absolute Gasteiger partial charge is 0.244 e. The molecule has 3 heterocycles. The van der Waals surface area contributed by atoms with E-state index in [2.05, 4.69) is 29.0 Å². The maximum atomic E-state index is 13.6. The number of sulfone groups is 1. The van der Waals surface area contributed by atoms with Crippen molar-refractivity contribution in [2.45, 2.75) is 62.0 Å². The van der Waals surface area contributed by atoms with Crippen molar-refractivity contribution in [1.29, 1.82) is 0 Å². The molecule has 0 unspecified atom stereocenters. The lowest BCUT2D eigenvalue weighted by Crippen LogP contribution is -2.50. The van der Waals surface area contributed by atoms with Crippen LogP contribution in [0.1, 0.15) is 52.4 Å². The molecule has 1 aromatic rings. The number of anilines is 1. The Morgan fingerprint density at radius 2 is 1.64 bits per heavy atom. The largest absolute Gasteiger partial charge is 0.371 e. The number of likely N-dealkylation sites (tertiary alicyclic amines) is 1. The molecule has 2 amide bonds. The lowest BCUT2D eigenvalue weighted by Gasteiger charge is -2.39. The number of nitrogens with one attached hydrogen (secondary N) is 2. The summed E-state index contributed by atoms with van der Waals surface area (Å²) in [6, 6.07) is 6.89. The molecule has 0 aromatic heterocycles. The van der Waals surface area contributed by atoms with E-state index in [4.69, 9.17) is 5.21 Å². The molecule has 0 radical (unpaired) electrons. The van der Waals surface area contributed by atoms with Gasteiger partial charge in [-0.2, -0.15) is 0 Å². The SMILES string of the molecule is C[C@@H]1C[C@@H](C)CN(C(=O)C2CCN(c3ccc(S(=O)(=O)C4(CC(=O)NO)CCNCC4)cc3)CC2)C1. The van der Waals surface area contributed by atoms with E-state index in [0.29, 0.717) is 37.8 Å². The van der Waals surface area contributed by atoms with Gasteiger partial charge in [0.1, 0.15) is 0 Å². The highest BCUT2D eigenvalue weighted by atomic mass is 32.2. The highest BCUT2D eigenvalue weighted by Crippen LogP contribution is 2.37. The minimum absolute atomic E-state index is 0.0517. The molecule has 2 atom stereocenters. The Labute approximate surface area is 214 Å². The van der Waals surface area contributed by atoms with E-state index in [1.54, 1.807) is 17.6 Å². The van der Waals surface area contributed by atoms with E-state index in [0.717, 1.165) is 44.7 Å². The number of benzene rings is 1. The third-order valence-electron chi connectivity index (χ3n) is 8.23. The predicted octanol–water partition coefficient (Wildman–Crippen LogP) is 2.20. The number of carbonyl (C=O) groups excluding carboxylic acids is 2. The van der Waals surface area contributed by atoms with Crippen molar-refractivity contribution in [3.05, 3.63) is 24.3 Å². The van der Waals surface area contributed by atoms with E-state index in [1.807, 2.05) is 12.1 Å². The Morgan fingerprint density at radius 3 is 2.19 bits per heavy atom. The monoisotopic (exact) mass is 520 g/mol. The number of piperidine rings is 3. The lowest BCUT2D eigenvalue weighted by molar-refractivity contribution is -0.139. The highest BCUT2D eigenvalue weighted by molar-refractivity contribution is 7.92. The number of rotatable bonds is 6. The molecule has 1 aromatic carbocycles. The van der Waals surface area contributed by atoms with Gasteiger partial charge >= 0.3 is 0 Å². The summed E-state index contributed by atoms with van der Waals surface area (Å²) >= 11 is 0. The van der Waals surface area contributed by atoms with Gasteiger partial charge in [0.25, 0.3) is 0 Å². The standard InChI is InChI=1S/C26H40N4O5S/c1-19-15-20(2)18-30(17-19)25(32)21-7-13-29(14-8-21)22-3-5-23(6-4-22)36(34,35)26(16-24(31)28-33)9-11-27-12-10-26/h3-6,19-21,27,33H,7-18H2,1-2H3,(H,28,31)/t19-,20-/m1/s1. The fourth-order valence-corrected chi connectivity index (χ4v) is 8.38. The van der Waals surface area contributed by atoms with Crippen molar-refractivity contribution in [3.8, 4) is 0 Å². The van der Waals surface area contributed by atoms with Crippen molar-refractivity contribution in [2.24, 2.45) is 17.8 Å². The summed E-state index contributed by atoms with van der Waals surface area (Å²) in [6.07, 6.45) is 3.11. The van der Waals surface area contributed by atoms with Gasteiger partial charge in [0.15, 0.2) is 9.84 Å². The topological polar surface area (TPSA) is 119 Å². The maximum absolute atomic E-state index is 13.6. The van der Waals surface area contributed by atoms with Crippen molar-refractivity contribution in [3.63, 3.8) is 0 Å². The quantitative estimate of drug-likeness (QED) is 0.389. The average Bonchev–Trinajstić information content (AvgIpc) is 2.88. The molecule has 3 saturated heterocycles. The first-order chi connectivity index (χ1) is 17.1. The van der Waals surface area contributed by atoms with Gasteiger partial charge in [0.2, 0.25) is 11.8 Å². The summed E-state index contributed by atoms with van der Waals surface area (Å²) in [5.41, 5.74) is 2.53. The Balaban J connectivity index is 1.41. The Morgan fingerprint density at radius 1 is 1.06 bits per heavy atom. The second kappa shape index (κ2) is 11.1. The summed E-state index contributed by atoms with van der Waals surface area (Å²) in [7, 11) is -3.80. The van der Waals surface area contributed by atoms with E-state index >= 15 is 0 Å². The second-order valence-corrected chi connectivity index (χ2v) is 13.4. The minimum atomic E-state index is -3.80. The van der Waals surface area contributed by atoms with Crippen LogP contribution in [0.4, 0.5) is 5.69 Å². The molecular formula is C26H40N4O5S. The average molecular weight is 521 g/mol. The number of hydrogen-bond acceptors (Lipinski definition) is 7. The summed E-state index contributed by atoms with van der Waals surface area (Å²) in [6.45, 7) is 8.67. The van der Waals surface area contributed by atoms with E-state index in [-0.39, 0.29) is 23.1 Å². The first-order valence-corrected chi connectivity index (χ1v) is 14.7. The number of nitrogens with zero attached hydrogens (tertiary/aromatic N) is 2. The number of carbonyl (C=O) groups is 2. The predicted molar refractivity (Wildman–Crippen MR) is 137 cm³/mol. The van der Waals surface area contributed by atoms with Crippen LogP contribution in [0.2, 0.25) is 0 Å². The third-order valence-corrected chi connectivity index (χ3v) is 10.8. The van der Waals surface area contributed by atoms with Crippen molar-refractivity contribution < 1.29 is 23.2 Å². The summed E-state index contributed by atoms with van der Waals surface area (Å²) in [5, 5.41) is 12.2. The Hall–Kier alpha value is -2.17. The number of hydroxylamine groups is 1. The maximum Gasteiger partial charge on any atom is 0.244 e. The van der Waals surface area contributed by atoms with Gasteiger partial charge in [-0.25, -0.2) is 13.9 Å². The van der Waals surface area contributed by atoms with Crippen LogP contribution in [0.5, 0.6) is 0 Å². The molecule has 200 valence electrons. The lowest BCUT2D eigenvalue weighted by atomic mass is 9.89. The van der Waals surface area contributed by atoms with Crippen LogP contribution in [0.3, 0.4) is 0 Å². The van der Waals surface area contributed by atoms with Gasteiger partial charge in [-0.1, -0.05) is 13.8 Å². The van der Waals surface area contributed by atoms with Gasteiger partial charge in [0.05, 0.1) is 9.64 Å². The zero-order valence-electron chi connectivity index (χ0n) is 21.4. The van der Waals surface area contributed by atoms with E-state index in [1.165, 1.54) is 6.42 Å². The third kappa shape index (κ3) is 5.55. The van der Waals surface area contributed by atoms with Crippen LogP contribution in [0.15, 0.2) is 29.2 Å². The van der Waals surface area contributed by atoms with E-state index in [9.17, 15) is 18.0 Å². The number of hydrogen-bond donors (Lipinski definition) is 3. The highest BCUT2D eigenvalue weighted by Gasteiger charge is 2.47. The molecule has 4 rings (SSSR count). The molecule has 0 aliphatic carbocycles. The molecule has 3 N–H and O–H groups in total.